The summed E-state index contributed by atoms with van der Waals surface area (Å²) in [4.78, 5) is 22.9. The maximum absolute atomic E-state index is 12.7. The van der Waals surface area contributed by atoms with E-state index in [0.29, 0.717) is 34.2 Å². The number of rotatable bonds is 6. The number of fused-ring (bicyclic) bond motifs is 1. The Balaban J connectivity index is 1.63. The lowest BCUT2D eigenvalue weighted by Crippen LogP contribution is -2.22. The molecule has 0 fully saturated rings. The molecule has 130 valence electrons. The summed E-state index contributed by atoms with van der Waals surface area (Å²) < 4.78 is 7.19. The quantitative estimate of drug-likeness (QED) is 0.278. The lowest BCUT2D eigenvalue weighted by molar-refractivity contribution is 0.575. The number of thiophene rings is 1. The van der Waals surface area contributed by atoms with Gasteiger partial charge in [0.15, 0.2) is 5.16 Å². The van der Waals surface area contributed by atoms with Crippen LogP contribution in [0.4, 0.5) is 0 Å². The Morgan fingerprint density at radius 2 is 2.12 bits per heavy atom. The maximum Gasteiger partial charge on any atom is 0.262 e. The monoisotopic (exact) mass is 381 g/mol. The van der Waals surface area contributed by atoms with Gasteiger partial charge in [-0.25, -0.2) is 9.97 Å². The highest BCUT2D eigenvalue weighted by atomic mass is 32.2. The molecule has 26 heavy (non-hydrogen) atoms. The van der Waals surface area contributed by atoms with E-state index < -0.39 is 0 Å². The highest BCUT2D eigenvalue weighted by Gasteiger charge is 2.13. The van der Waals surface area contributed by atoms with Gasteiger partial charge in [0, 0.05) is 12.3 Å². The van der Waals surface area contributed by atoms with Crippen LogP contribution in [0.1, 0.15) is 5.69 Å². The third-order valence-electron chi connectivity index (χ3n) is 3.77. The maximum atomic E-state index is 12.7. The van der Waals surface area contributed by atoms with E-state index in [2.05, 4.69) is 16.5 Å². The second kappa shape index (κ2) is 7.31. The predicted octanol–water partition coefficient (Wildman–Crippen LogP) is 4.59. The molecule has 0 amide bonds. The third kappa shape index (κ3) is 3.23. The van der Waals surface area contributed by atoms with Crippen molar-refractivity contribution in [1.29, 1.82) is 0 Å². The number of hydrogen-bond acceptors (Lipinski definition) is 6. The highest BCUT2D eigenvalue weighted by Crippen LogP contribution is 2.27. The van der Waals surface area contributed by atoms with Crippen LogP contribution < -0.4 is 5.56 Å². The summed E-state index contributed by atoms with van der Waals surface area (Å²) in [5, 5.41) is 3.25. The van der Waals surface area contributed by atoms with Gasteiger partial charge >= 0.3 is 0 Å². The van der Waals surface area contributed by atoms with E-state index >= 15 is 0 Å². The van der Waals surface area contributed by atoms with Crippen LogP contribution in [0.3, 0.4) is 0 Å². The van der Waals surface area contributed by atoms with Gasteiger partial charge in [0.25, 0.3) is 5.56 Å². The van der Waals surface area contributed by atoms with Crippen molar-refractivity contribution in [2.45, 2.75) is 17.5 Å². The molecule has 0 atom stereocenters. The molecule has 0 radical (unpaired) electrons. The van der Waals surface area contributed by atoms with Crippen molar-refractivity contribution in [3.05, 3.63) is 76.7 Å². The number of aromatic nitrogens is 3. The van der Waals surface area contributed by atoms with Crippen LogP contribution in [-0.2, 0) is 12.3 Å². The van der Waals surface area contributed by atoms with Crippen molar-refractivity contribution in [3.63, 3.8) is 0 Å². The van der Waals surface area contributed by atoms with Crippen LogP contribution in [-0.4, -0.2) is 14.5 Å². The minimum atomic E-state index is -0.0579. The smallest absolute Gasteiger partial charge is 0.262 e. The Hall–Kier alpha value is -2.64. The Labute approximate surface area is 158 Å². The van der Waals surface area contributed by atoms with Gasteiger partial charge in [-0.15, -0.1) is 17.9 Å². The molecule has 0 saturated carbocycles. The number of nitrogens with zero attached hydrogens (tertiary/aromatic N) is 3. The number of hydrogen-bond donors (Lipinski definition) is 0. The summed E-state index contributed by atoms with van der Waals surface area (Å²) in [5.41, 5.74) is 1.45. The Bertz CT molecular complexity index is 1110. The molecule has 0 N–H and O–H groups in total. The standard InChI is InChI=1S/C19H15N3O2S2/c1-2-9-22-18(23)14-6-3-4-7-15(14)21-19(22)26-12-13-11-24-17(20-13)16-8-5-10-25-16/h2-8,10-11H,1,9,12H2. The molecule has 0 aliphatic carbocycles. The number of allylic oxidation sites excluding steroid dienone is 1. The normalized spacial score (nSPS) is 11.1. The van der Waals surface area contributed by atoms with Gasteiger partial charge in [-0.05, 0) is 23.6 Å². The Morgan fingerprint density at radius 1 is 1.23 bits per heavy atom. The Kier molecular flexibility index (Phi) is 4.73. The van der Waals surface area contributed by atoms with Crippen molar-refractivity contribution in [2.75, 3.05) is 0 Å². The minimum Gasteiger partial charge on any atom is -0.444 e. The summed E-state index contributed by atoms with van der Waals surface area (Å²) in [7, 11) is 0. The van der Waals surface area contributed by atoms with Crippen LogP contribution in [0.25, 0.3) is 21.7 Å². The fourth-order valence-electron chi connectivity index (χ4n) is 2.57. The molecule has 0 bridgehead atoms. The zero-order valence-corrected chi connectivity index (χ0v) is 15.4. The van der Waals surface area contributed by atoms with E-state index in [1.165, 1.54) is 11.8 Å². The number of thioether (sulfide) groups is 1. The molecule has 0 saturated heterocycles. The fourth-order valence-corrected chi connectivity index (χ4v) is 4.11. The lowest BCUT2D eigenvalue weighted by Gasteiger charge is -2.10. The van der Waals surface area contributed by atoms with Crippen LogP contribution in [0.5, 0.6) is 0 Å². The molecule has 0 unspecified atom stereocenters. The van der Waals surface area contributed by atoms with Gasteiger partial charge in [0.2, 0.25) is 5.89 Å². The fraction of sp³-hybridized carbons (Fsp3) is 0.105. The number of para-hydroxylation sites is 1. The zero-order chi connectivity index (χ0) is 17.9. The van der Waals surface area contributed by atoms with Crippen molar-refractivity contribution < 1.29 is 4.42 Å². The first-order chi connectivity index (χ1) is 12.8. The molecular formula is C19H15N3O2S2. The summed E-state index contributed by atoms with van der Waals surface area (Å²) in [6.07, 6.45) is 3.35. The largest absolute Gasteiger partial charge is 0.444 e. The van der Waals surface area contributed by atoms with Crippen molar-refractivity contribution >= 4 is 34.0 Å². The minimum absolute atomic E-state index is 0.0579. The molecule has 0 aliphatic rings. The molecule has 4 rings (SSSR count). The van der Waals surface area contributed by atoms with Crippen LogP contribution in [0.2, 0.25) is 0 Å². The van der Waals surface area contributed by atoms with E-state index in [9.17, 15) is 4.79 Å². The number of oxazole rings is 1. The van der Waals surface area contributed by atoms with Gasteiger partial charge in [0.1, 0.15) is 6.26 Å². The molecule has 5 nitrogen and oxygen atoms in total. The van der Waals surface area contributed by atoms with Crippen molar-refractivity contribution in [1.82, 2.24) is 14.5 Å². The first-order valence-electron chi connectivity index (χ1n) is 7.98. The summed E-state index contributed by atoms with van der Waals surface area (Å²) in [6.45, 7) is 4.16. The molecule has 7 heteroatoms. The molecule has 0 spiro atoms. The van der Waals surface area contributed by atoms with Gasteiger partial charge in [0.05, 0.1) is 21.5 Å². The van der Waals surface area contributed by atoms with E-state index in [-0.39, 0.29) is 5.56 Å². The van der Waals surface area contributed by atoms with Crippen LogP contribution >= 0.6 is 23.1 Å². The topological polar surface area (TPSA) is 60.9 Å². The molecule has 1 aromatic carbocycles. The second-order valence-electron chi connectivity index (χ2n) is 5.53. The first kappa shape index (κ1) is 16.8. The average Bonchev–Trinajstić information content (AvgIpc) is 3.34. The summed E-state index contributed by atoms with van der Waals surface area (Å²) in [6, 6.07) is 11.3. The van der Waals surface area contributed by atoms with Gasteiger partial charge in [-0.2, -0.15) is 0 Å². The third-order valence-corrected chi connectivity index (χ3v) is 5.64. The van der Waals surface area contributed by atoms with Gasteiger partial charge < -0.3 is 4.42 Å². The lowest BCUT2D eigenvalue weighted by atomic mass is 10.2. The van der Waals surface area contributed by atoms with Crippen molar-refractivity contribution in [3.8, 4) is 10.8 Å². The average molecular weight is 381 g/mol. The first-order valence-corrected chi connectivity index (χ1v) is 9.84. The van der Waals surface area contributed by atoms with E-state index in [1.54, 1.807) is 34.3 Å². The van der Waals surface area contributed by atoms with E-state index in [1.807, 2.05) is 35.7 Å². The SMILES string of the molecule is C=CCn1c(SCc2coc(-c3cccs3)n2)nc2ccccc2c1=O. The summed E-state index contributed by atoms with van der Waals surface area (Å²) in [5.74, 6) is 1.18. The summed E-state index contributed by atoms with van der Waals surface area (Å²) >= 11 is 3.05. The zero-order valence-electron chi connectivity index (χ0n) is 13.8. The van der Waals surface area contributed by atoms with E-state index in [0.717, 1.165) is 10.6 Å². The number of benzene rings is 1. The molecule has 3 aromatic heterocycles. The van der Waals surface area contributed by atoms with Gasteiger partial charge in [-0.1, -0.05) is 36.0 Å². The molecule has 0 aliphatic heterocycles. The second-order valence-corrected chi connectivity index (χ2v) is 7.42. The van der Waals surface area contributed by atoms with Gasteiger partial charge in [-0.3, -0.25) is 9.36 Å². The predicted molar refractivity (Wildman–Crippen MR) is 106 cm³/mol. The molecule has 4 aromatic rings. The van der Waals surface area contributed by atoms with E-state index in [4.69, 9.17) is 4.42 Å². The van der Waals surface area contributed by atoms with Crippen LogP contribution in [0.15, 0.2) is 75.1 Å². The van der Waals surface area contributed by atoms with Crippen LogP contribution in [0, 0.1) is 0 Å². The Morgan fingerprint density at radius 3 is 2.92 bits per heavy atom. The molecule has 3 heterocycles. The van der Waals surface area contributed by atoms with Crippen molar-refractivity contribution in [2.24, 2.45) is 0 Å². The molecular weight excluding hydrogens is 366 g/mol. The highest BCUT2D eigenvalue weighted by molar-refractivity contribution is 7.98.